The maximum Gasteiger partial charge on any atom is 0.260 e. The Bertz CT molecular complexity index is 1310. The molecule has 2 aromatic rings. The van der Waals surface area contributed by atoms with Crippen molar-refractivity contribution >= 4 is 39.7 Å². The summed E-state index contributed by atoms with van der Waals surface area (Å²) >= 11 is 6.44. The summed E-state index contributed by atoms with van der Waals surface area (Å²) in [5, 5.41) is 4.53. The summed E-state index contributed by atoms with van der Waals surface area (Å²) in [5.74, 6) is 7.55. The van der Waals surface area contributed by atoms with E-state index >= 15 is 0 Å². The van der Waals surface area contributed by atoms with Gasteiger partial charge in [0.15, 0.2) is 0 Å². The third-order valence-corrected chi connectivity index (χ3v) is 11.8. The van der Waals surface area contributed by atoms with Crippen LogP contribution in [0.25, 0.3) is 0 Å². The summed E-state index contributed by atoms with van der Waals surface area (Å²) in [4.78, 5) is 16.0. The molecule has 228 valence electrons. The first-order chi connectivity index (χ1) is 20.3. The maximum atomic E-state index is 13.5. The van der Waals surface area contributed by atoms with E-state index in [1.807, 2.05) is 18.2 Å². The molecular weight excluding hydrogens is 562 g/mol. The molecule has 0 aromatic heterocycles. The van der Waals surface area contributed by atoms with Crippen LogP contribution < -0.4 is 19.7 Å². The fraction of sp³-hybridized carbons (Fsp3) is 0.543. The van der Waals surface area contributed by atoms with E-state index in [0.717, 1.165) is 55.4 Å². The van der Waals surface area contributed by atoms with Gasteiger partial charge in [0, 0.05) is 41.4 Å². The molecule has 2 heterocycles. The number of halogens is 1. The number of carbonyl (C=O) groups is 1. The molecule has 5 rings (SSSR count). The minimum atomic E-state index is -0.485. The summed E-state index contributed by atoms with van der Waals surface area (Å²) in [6.45, 7) is 10.1. The largest absolute Gasteiger partial charge is 0.491 e. The van der Waals surface area contributed by atoms with E-state index < -0.39 is 10.7 Å². The van der Waals surface area contributed by atoms with Crippen LogP contribution in [0, 0.1) is 23.7 Å². The number of fused-ring (bicyclic) bond motifs is 2. The van der Waals surface area contributed by atoms with Crippen LogP contribution in [0.5, 0.6) is 5.75 Å². The van der Waals surface area contributed by atoms with Crippen LogP contribution in [0.3, 0.4) is 0 Å². The van der Waals surface area contributed by atoms with Gasteiger partial charge in [-0.25, -0.2) is 0 Å². The van der Waals surface area contributed by atoms with Crippen molar-refractivity contribution in [2.24, 2.45) is 23.7 Å². The summed E-state index contributed by atoms with van der Waals surface area (Å²) in [7, 11) is 1.58. The number of aryl methyl sites for hydroxylation is 1. The number of hydrogen-bond donors (Lipinski definition) is 2. The molecule has 0 radical (unpaired) electrons. The van der Waals surface area contributed by atoms with Gasteiger partial charge in [-0.1, -0.05) is 73.6 Å². The Kier molecular flexibility index (Phi) is 10.4. The molecule has 2 aliphatic heterocycles. The van der Waals surface area contributed by atoms with E-state index in [9.17, 15) is 4.79 Å². The number of amides is 1. The van der Waals surface area contributed by atoms with Gasteiger partial charge in [0.2, 0.25) is 0 Å². The molecule has 2 N–H and O–H groups in total. The van der Waals surface area contributed by atoms with Crippen molar-refractivity contribution in [1.29, 1.82) is 0 Å². The minimum Gasteiger partial charge on any atom is -0.491 e. The number of benzene rings is 2. The summed E-state index contributed by atoms with van der Waals surface area (Å²) < 4.78 is 9.76. The van der Waals surface area contributed by atoms with Crippen molar-refractivity contribution in [3.05, 3.63) is 70.3 Å². The Morgan fingerprint density at radius 3 is 2.74 bits per heavy atom. The lowest BCUT2D eigenvalue weighted by Gasteiger charge is -2.44. The molecule has 1 saturated carbocycles. The van der Waals surface area contributed by atoms with Crippen molar-refractivity contribution < 1.29 is 9.53 Å². The molecule has 0 saturated heterocycles. The lowest BCUT2D eigenvalue weighted by molar-refractivity contribution is 0.0984. The van der Waals surface area contributed by atoms with Gasteiger partial charge in [-0.2, -0.15) is 0 Å². The number of allylic oxidation sites excluding steroid dienone is 1. The number of nitrogens with zero attached hydrogens (tertiary/aromatic N) is 1. The molecule has 0 spiro atoms. The van der Waals surface area contributed by atoms with Crippen LogP contribution in [-0.2, 0) is 6.42 Å². The van der Waals surface area contributed by atoms with Crippen LogP contribution in [0.2, 0.25) is 5.02 Å². The van der Waals surface area contributed by atoms with E-state index in [1.54, 1.807) is 0 Å². The summed E-state index contributed by atoms with van der Waals surface area (Å²) in [6, 6.07) is 12.3. The fourth-order valence-corrected chi connectivity index (χ4v) is 8.34. The summed E-state index contributed by atoms with van der Waals surface area (Å²) in [6.07, 6.45) is 10.4. The molecule has 1 fully saturated rings. The predicted molar refractivity (Wildman–Crippen MR) is 181 cm³/mol. The Labute approximate surface area is 260 Å². The summed E-state index contributed by atoms with van der Waals surface area (Å²) in [5.41, 5.74) is 4.33. The van der Waals surface area contributed by atoms with Crippen molar-refractivity contribution in [2.45, 2.75) is 64.0 Å². The highest BCUT2D eigenvalue weighted by atomic mass is 35.5. The smallest absolute Gasteiger partial charge is 0.260 e. The van der Waals surface area contributed by atoms with Gasteiger partial charge in [0.1, 0.15) is 5.75 Å². The average Bonchev–Trinajstić information content (AvgIpc) is 3.13. The topological polar surface area (TPSA) is 53.6 Å². The fourth-order valence-electron chi connectivity index (χ4n) is 6.93. The molecule has 5 nitrogen and oxygen atoms in total. The van der Waals surface area contributed by atoms with E-state index in [4.69, 9.17) is 16.3 Å². The first-order valence-corrected chi connectivity index (χ1v) is 17.6. The Morgan fingerprint density at radius 2 is 2.00 bits per heavy atom. The molecule has 3 aliphatic rings. The first-order valence-electron chi connectivity index (χ1n) is 15.7. The molecule has 2 aromatic carbocycles. The van der Waals surface area contributed by atoms with Gasteiger partial charge in [-0.15, -0.1) is 0 Å². The normalized spacial score (nSPS) is 30.7. The molecule has 42 heavy (non-hydrogen) atoms. The van der Waals surface area contributed by atoms with E-state index in [0.29, 0.717) is 35.8 Å². The average molecular weight is 610 g/mol. The zero-order valence-corrected chi connectivity index (χ0v) is 27.3. The SMILES string of the molecule is C=S1NC(=O)c2ccc3c(c2)N(CC(c2ccc(Cl)cc2CCC)CO3)CC2CCC2C(CNC)/C=C/CC(C)C1C. The van der Waals surface area contributed by atoms with E-state index in [1.165, 1.54) is 24.0 Å². The highest BCUT2D eigenvalue weighted by Gasteiger charge is 2.38. The van der Waals surface area contributed by atoms with Gasteiger partial charge in [-0.05, 0) is 97.9 Å². The van der Waals surface area contributed by atoms with Crippen molar-refractivity contribution in [3.8, 4) is 5.75 Å². The molecule has 2 bridgehead atoms. The van der Waals surface area contributed by atoms with Crippen LogP contribution in [0.15, 0.2) is 48.6 Å². The third-order valence-electron chi connectivity index (χ3n) is 9.79. The standard InChI is InChI=1S/C35H48ClN3O2S/c1-6-8-25-17-30(36)13-15-31(25)29-21-39-20-28-11-14-32(28)27(19-37-4)10-7-9-23(2)24(3)42(5)38-35(40)26-12-16-34(41-22-29)33(39)18-26/h7,10,12-13,15-18,23-24,27-29,32,37H,5-6,8-9,11,14,19-22H2,1-4H3,(H,38,40)/b10-7+. The number of anilines is 1. The number of hydrogen-bond acceptors (Lipinski definition) is 4. The number of rotatable bonds is 5. The van der Waals surface area contributed by atoms with Crippen molar-refractivity contribution in [3.63, 3.8) is 0 Å². The molecule has 7 heteroatoms. The Morgan fingerprint density at radius 1 is 1.17 bits per heavy atom. The predicted octanol–water partition coefficient (Wildman–Crippen LogP) is 7.47. The second-order valence-corrected chi connectivity index (χ2v) is 14.9. The zero-order chi connectivity index (χ0) is 29.8. The molecule has 1 aliphatic carbocycles. The lowest BCUT2D eigenvalue weighted by atomic mass is 9.66. The molecular formula is C35H48ClN3O2S. The Hall–Kier alpha value is -2.28. The second kappa shape index (κ2) is 14.0. The molecule has 1 amide bonds. The first kappa shape index (κ1) is 31.2. The highest BCUT2D eigenvalue weighted by Crippen LogP contribution is 2.44. The van der Waals surface area contributed by atoms with Gasteiger partial charge in [-0.3, -0.25) is 4.79 Å². The quantitative estimate of drug-likeness (QED) is 0.273. The van der Waals surface area contributed by atoms with Crippen LogP contribution in [0.4, 0.5) is 5.69 Å². The second-order valence-electron chi connectivity index (χ2n) is 12.6. The minimum absolute atomic E-state index is 0.0582. The molecule has 7 atom stereocenters. The Balaban J connectivity index is 1.53. The highest BCUT2D eigenvalue weighted by molar-refractivity contribution is 8.13. The monoisotopic (exact) mass is 609 g/mol. The van der Waals surface area contributed by atoms with Gasteiger partial charge >= 0.3 is 0 Å². The van der Waals surface area contributed by atoms with Crippen LogP contribution in [-0.4, -0.2) is 50.3 Å². The number of carbonyl (C=O) groups excluding carboxylic acids is 1. The van der Waals surface area contributed by atoms with Crippen molar-refractivity contribution in [1.82, 2.24) is 10.0 Å². The number of ether oxygens (including phenoxy) is 1. The van der Waals surface area contributed by atoms with E-state index in [2.05, 4.69) is 79.0 Å². The maximum absolute atomic E-state index is 13.5. The van der Waals surface area contributed by atoms with Crippen LogP contribution >= 0.6 is 22.3 Å². The lowest BCUT2D eigenvalue weighted by Crippen LogP contribution is -2.44. The molecule has 7 unspecified atom stereocenters. The van der Waals surface area contributed by atoms with Gasteiger partial charge < -0.3 is 19.7 Å². The van der Waals surface area contributed by atoms with Gasteiger partial charge in [0.25, 0.3) is 5.91 Å². The van der Waals surface area contributed by atoms with Gasteiger partial charge in [0.05, 0.1) is 12.3 Å². The van der Waals surface area contributed by atoms with E-state index in [-0.39, 0.29) is 17.1 Å². The number of nitrogens with one attached hydrogen (secondary N) is 2. The third kappa shape index (κ3) is 6.92. The van der Waals surface area contributed by atoms with Crippen molar-refractivity contribution in [2.75, 3.05) is 38.2 Å². The van der Waals surface area contributed by atoms with Crippen LogP contribution in [0.1, 0.15) is 73.9 Å². The zero-order valence-electron chi connectivity index (χ0n) is 25.7.